The van der Waals surface area contributed by atoms with Crippen LogP contribution in [0.4, 0.5) is 0 Å². The van der Waals surface area contributed by atoms with Gasteiger partial charge in [-0.1, -0.05) is 30.3 Å². The number of piperidine rings is 1. The molecule has 2 aromatic rings. The van der Waals surface area contributed by atoms with E-state index in [1.165, 1.54) is 0 Å². The van der Waals surface area contributed by atoms with Gasteiger partial charge < -0.3 is 19.8 Å². The molecule has 2 aromatic carbocycles. The second-order valence-corrected chi connectivity index (χ2v) is 6.12. The highest BCUT2D eigenvalue weighted by Gasteiger charge is 2.35. The van der Waals surface area contributed by atoms with Crippen molar-refractivity contribution < 1.29 is 19.7 Å². The maximum Gasteiger partial charge on any atom is 0.257 e. The van der Waals surface area contributed by atoms with Crippen molar-refractivity contribution in [1.82, 2.24) is 4.90 Å². The zero-order valence-corrected chi connectivity index (χ0v) is 13.4. The van der Waals surface area contributed by atoms with Gasteiger partial charge in [0.2, 0.25) is 0 Å². The van der Waals surface area contributed by atoms with E-state index in [9.17, 15) is 15.0 Å². The van der Waals surface area contributed by atoms with Crippen LogP contribution in [0, 0.1) is 0 Å². The van der Waals surface area contributed by atoms with E-state index >= 15 is 0 Å². The van der Waals surface area contributed by atoms with Crippen molar-refractivity contribution in [3.63, 3.8) is 0 Å². The van der Waals surface area contributed by atoms with Crippen LogP contribution in [0.15, 0.2) is 54.6 Å². The minimum atomic E-state index is -1.22. The van der Waals surface area contributed by atoms with Crippen LogP contribution in [-0.2, 0) is 0 Å². The fourth-order valence-corrected chi connectivity index (χ4v) is 2.93. The first kappa shape index (κ1) is 16.5. The molecule has 24 heavy (non-hydrogen) atoms. The van der Waals surface area contributed by atoms with Gasteiger partial charge in [0.05, 0.1) is 18.7 Å². The summed E-state index contributed by atoms with van der Waals surface area (Å²) in [7, 11) is 0. The molecule has 0 aliphatic carbocycles. The Morgan fingerprint density at radius 1 is 1.12 bits per heavy atom. The lowest BCUT2D eigenvalue weighted by molar-refractivity contribution is -0.0598. The Morgan fingerprint density at radius 3 is 2.58 bits per heavy atom. The minimum absolute atomic E-state index is 0.127. The number of para-hydroxylation sites is 2. The molecule has 1 saturated heterocycles. The van der Waals surface area contributed by atoms with Gasteiger partial charge in [-0.3, -0.25) is 4.79 Å². The van der Waals surface area contributed by atoms with E-state index in [1.807, 2.05) is 36.4 Å². The Bertz CT molecular complexity index is 704. The first-order chi connectivity index (χ1) is 11.6. The first-order valence-electron chi connectivity index (χ1n) is 8.06. The van der Waals surface area contributed by atoms with Crippen LogP contribution in [0.5, 0.6) is 11.5 Å². The van der Waals surface area contributed by atoms with Gasteiger partial charge in [-0.05, 0) is 37.1 Å². The number of carbonyl (C=O) groups is 1. The molecule has 0 aromatic heterocycles. The number of rotatable bonds is 4. The summed E-state index contributed by atoms with van der Waals surface area (Å²) in [5, 5.41) is 19.6. The van der Waals surface area contributed by atoms with E-state index in [0.717, 1.165) is 0 Å². The van der Waals surface area contributed by atoms with Gasteiger partial charge in [0, 0.05) is 6.54 Å². The molecule has 0 radical (unpaired) electrons. The van der Waals surface area contributed by atoms with Crippen LogP contribution in [0.2, 0.25) is 0 Å². The molecule has 1 fully saturated rings. The Hall–Kier alpha value is -2.37. The zero-order valence-electron chi connectivity index (χ0n) is 13.4. The predicted molar refractivity (Wildman–Crippen MR) is 90.1 cm³/mol. The molecule has 0 bridgehead atoms. The first-order valence-corrected chi connectivity index (χ1v) is 8.06. The lowest BCUT2D eigenvalue weighted by atomic mass is 9.93. The third-order valence-electron chi connectivity index (χ3n) is 4.23. The maximum absolute atomic E-state index is 12.9. The summed E-state index contributed by atoms with van der Waals surface area (Å²) >= 11 is 0. The zero-order chi connectivity index (χ0) is 17.0. The van der Waals surface area contributed by atoms with Crippen molar-refractivity contribution in [3.8, 4) is 11.5 Å². The Morgan fingerprint density at radius 2 is 1.83 bits per heavy atom. The largest absolute Gasteiger partial charge is 0.457 e. The van der Waals surface area contributed by atoms with Gasteiger partial charge in [0.15, 0.2) is 0 Å². The summed E-state index contributed by atoms with van der Waals surface area (Å²) in [6.45, 7) is 0.335. The third-order valence-corrected chi connectivity index (χ3v) is 4.23. The fourth-order valence-electron chi connectivity index (χ4n) is 2.93. The number of β-amino-alcohol motifs (C(OH)–C–C–N with tert-alkyl or cyclic N) is 1. The van der Waals surface area contributed by atoms with Crippen molar-refractivity contribution in [3.05, 3.63) is 60.2 Å². The van der Waals surface area contributed by atoms with Gasteiger partial charge in [-0.15, -0.1) is 0 Å². The number of hydrogen-bond acceptors (Lipinski definition) is 4. The number of hydrogen-bond donors (Lipinski definition) is 2. The number of benzene rings is 2. The highest BCUT2D eigenvalue weighted by atomic mass is 16.5. The van der Waals surface area contributed by atoms with Crippen molar-refractivity contribution in [2.45, 2.75) is 18.4 Å². The summed E-state index contributed by atoms with van der Waals surface area (Å²) in [5.41, 5.74) is -0.771. The number of aliphatic hydroxyl groups is 2. The molecule has 2 N–H and O–H groups in total. The van der Waals surface area contributed by atoms with E-state index in [4.69, 9.17) is 4.74 Å². The minimum Gasteiger partial charge on any atom is -0.457 e. The average molecular weight is 327 g/mol. The van der Waals surface area contributed by atoms with Crippen LogP contribution in [0.25, 0.3) is 0 Å². The fraction of sp³-hybridized carbons (Fsp3) is 0.316. The predicted octanol–water partition coefficient (Wildman–Crippen LogP) is 2.44. The summed E-state index contributed by atoms with van der Waals surface area (Å²) < 4.78 is 5.84. The summed E-state index contributed by atoms with van der Waals surface area (Å²) in [6, 6.07) is 16.3. The van der Waals surface area contributed by atoms with Crippen molar-refractivity contribution >= 4 is 5.91 Å². The van der Waals surface area contributed by atoms with Crippen molar-refractivity contribution in [2.75, 3.05) is 19.7 Å². The molecule has 5 heteroatoms. The summed E-state index contributed by atoms with van der Waals surface area (Å²) in [6.07, 6.45) is 1.15. The maximum atomic E-state index is 12.9. The van der Waals surface area contributed by atoms with E-state index in [-0.39, 0.29) is 19.1 Å². The number of nitrogens with zero attached hydrogens (tertiary/aromatic N) is 1. The van der Waals surface area contributed by atoms with Crippen molar-refractivity contribution in [2.24, 2.45) is 0 Å². The number of amides is 1. The topological polar surface area (TPSA) is 70.0 Å². The number of aliphatic hydroxyl groups excluding tert-OH is 1. The van der Waals surface area contributed by atoms with Gasteiger partial charge in [0.1, 0.15) is 17.1 Å². The summed E-state index contributed by atoms with van der Waals surface area (Å²) in [4.78, 5) is 14.4. The molecule has 1 heterocycles. The van der Waals surface area contributed by atoms with Gasteiger partial charge in [0.25, 0.3) is 5.91 Å². The molecule has 0 spiro atoms. The molecule has 3 rings (SSSR count). The van der Waals surface area contributed by atoms with Crippen LogP contribution < -0.4 is 4.74 Å². The van der Waals surface area contributed by atoms with Gasteiger partial charge >= 0.3 is 0 Å². The molecule has 0 unspecified atom stereocenters. The monoisotopic (exact) mass is 327 g/mol. The quantitative estimate of drug-likeness (QED) is 0.905. The van der Waals surface area contributed by atoms with Crippen LogP contribution in [0.1, 0.15) is 23.2 Å². The number of ether oxygens (including phenoxy) is 1. The highest BCUT2D eigenvalue weighted by molar-refractivity contribution is 5.97. The van der Waals surface area contributed by atoms with E-state index in [1.54, 1.807) is 23.1 Å². The van der Waals surface area contributed by atoms with E-state index in [2.05, 4.69) is 0 Å². The lowest BCUT2D eigenvalue weighted by Gasteiger charge is -2.38. The molecule has 1 aliphatic heterocycles. The normalized spacial score (nSPS) is 20.7. The van der Waals surface area contributed by atoms with Crippen LogP contribution in [0.3, 0.4) is 0 Å². The Kier molecular flexibility index (Phi) is 4.83. The Balaban J connectivity index is 1.83. The highest BCUT2D eigenvalue weighted by Crippen LogP contribution is 2.28. The van der Waals surface area contributed by atoms with Gasteiger partial charge in [-0.2, -0.15) is 0 Å². The molecular formula is C19H21NO4. The van der Waals surface area contributed by atoms with Crippen LogP contribution >= 0.6 is 0 Å². The molecule has 1 amide bonds. The average Bonchev–Trinajstić information content (AvgIpc) is 2.62. The van der Waals surface area contributed by atoms with Crippen molar-refractivity contribution in [1.29, 1.82) is 0 Å². The lowest BCUT2D eigenvalue weighted by Crippen LogP contribution is -2.52. The second kappa shape index (κ2) is 7.03. The Labute approximate surface area is 141 Å². The smallest absolute Gasteiger partial charge is 0.257 e. The number of likely N-dealkylation sites (tertiary alicyclic amines) is 1. The van der Waals surface area contributed by atoms with Gasteiger partial charge in [-0.25, -0.2) is 0 Å². The molecule has 0 saturated carbocycles. The number of carbonyl (C=O) groups excluding carboxylic acids is 1. The molecule has 1 aliphatic rings. The SMILES string of the molecule is O=C(c1ccccc1Oc1ccccc1)N1CCC[C@](O)(CO)C1. The third kappa shape index (κ3) is 3.58. The van der Waals surface area contributed by atoms with Crippen LogP contribution in [-0.4, -0.2) is 46.3 Å². The molecular weight excluding hydrogens is 306 g/mol. The molecule has 5 nitrogen and oxygen atoms in total. The summed E-state index contributed by atoms with van der Waals surface area (Å²) in [5.74, 6) is 0.933. The standard InChI is InChI=1S/C19H21NO4/c21-14-19(23)11-6-12-20(13-19)18(22)16-9-4-5-10-17(16)24-15-7-2-1-3-8-15/h1-5,7-10,21,23H,6,11-14H2/t19-/m1/s1. The van der Waals surface area contributed by atoms with E-state index in [0.29, 0.717) is 36.4 Å². The van der Waals surface area contributed by atoms with E-state index < -0.39 is 5.60 Å². The molecule has 1 atom stereocenters. The second-order valence-electron chi connectivity index (χ2n) is 6.12. The molecule has 126 valence electrons.